The molecule has 2 aromatic carbocycles. The van der Waals surface area contributed by atoms with Gasteiger partial charge in [-0.2, -0.15) is 0 Å². The fourth-order valence-electron chi connectivity index (χ4n) is 5.11. The first kappa shape index (κ1) is 25.6. The third kappa shape index (κ3) is 5.48. The molecule has 2 aliphatic rings. The molecular formula is C29H34ClN3O4. The van der Waals surface area contributed by atoms with Crippen molar-refractivity contribution in [3.63, 3.8) is 0 Å². The third-order valence-corrected chi connectivity index (χ3v) is 6.88. The van der Waals surface area contributed by atoms with Gasteiger partial charge in [0.25, 0.3) is 0 Å². The lowest BCUT2D eigenvalue weighted by atomic mass is 9.87. The first-order chi connectivity index (χ1) is 17.6. The van der Waals surface area contributed by atoms with Crippen molar-refractivity contribution in [3.8, 4) is 28.1 Å². The molecule has 5 rings (SSSR count). The van der Waals surface area contributed by atoms with Crippen molar-refractivity contribution in [2.75, 3.05) is 20.3 Å². The molecule has 1 aliphatic heterocycles. The second-order valence-electron chi connectivity index (χ2n) is 11.0. The van der Waals surface area contributed by atoms with Crippen LogP contribution < -0.4 is 4.74 Å². The first-order valence-corrected chi connectivity index (χ1v) is 13.1. The SMILES string of the molecule is COCC(C)CN(Cc1nc2c([nH]1)CCc1cc3c(cc1-2)OCc1cc(Cl)ccc1-3)C(=O)OC(C)(C)C. The zero-order valence-corrected chi connectivity index (χ0v) is 22.9. The van der Waals surface area contributed by atoms with Gasteiger partial charge in [0.1, 0.15) is 23.8 Å². The number of halogens is 1. The Kier molecular flexibility index (Phi) is 6.94. The topological polar surface area (TPSA) is 76.7 Å². The first-order valence-electron chi connectivity index (χ1n) is 12.7. The molecule has 1 aliphatic carbocycles. The average Bonchev–Trinajstić information content (AvgIpc) is 3.24. The molecule has 0 saturated heterocycles. The number of aromatic nitrogens is 2. The molecule has 1 unspecified atom stereocenters. The van der Waals surface area contributed by atoms with E-state index in [0.717, 1.165) is 57.5 Å². The average molecular weight is 524 g/mol. The molecule has 37 heavy (non-hydrogen) atoms. The molecule has 1 atom stereocenters. The number of nitrogens with zero attached hydrogens (tertiary/aromatic N) is 2. The Labute approximate surface area is 223 Å². The van der Waals surface area contributed by atoms with Crippen molar-refractivity contribution in [2.24, 2.45) is 5.92 Å². The Bertz CT molecular complexity index is 1330. The highest BCUT2D eigenvalue weighted by Gasteiger charge is 2.28. The van der Waals surface area contributed by atoms with E-state index >= 15 is 0 Å². The smallest absolute Gasteiger partial charge is 0.410 e. The van der Waals surface area contributed by atoms with E-state index < -0.39 is 5.60 Å². The molecular weight excluding hydrogens is 490 g/mol. The highest BCUT2D eigenvalue weighted by atomic mass is 35.5. The van der Waals surface area contributed by atoms with E-state index in [4.69, 9.17) is 30.8 Å². The third-order valence-electron chi connectivity index (χ3n) is 6.65. The standard InChI is InChI=1S/C29H34ClN3O4/c1-17(15-35-5)13-33(28(34)37-29(2,3)4)14-26-31-24-9-6-18-11-23-21-8-7-20(30)10-19(21)16-36-25(23)12-22(18)27(24)32-26/h7-8,10-12,17H,6,9,13-16H2,1-5H3,(H,31,32). The van der Waals surface area contributed by atoms with Crippen LogP contribution >= 0.6 is 11.6 Å². The van der Waals surface area contributed by atoms with Crippen molar-refractivity contribution in [2.45, 2.75) is 59.3 Å². The summed E-state index contributed by atoms with van der Waals surface area (Å²) >= 11 is 6.20. The van der Waals surface area contributed by atoms with Crippen LogP contribution in [0.25, 0.3) is 22.4 Å². The number of hydrogen-bond donors (Lipinski definition) is 1. The van der Waals surface area contributed by atoms with Crippen LogP contribution in [-0.2, 0) is 35.5 Å². The zero-order chi connectivity index (χ0) is 26.3. The number of carbonyl (C=O) groups is 1. The summed E-state index contributed by atoms with van der Waals surface area (Å²) in [6.07, 6.45) is 1.40. The summed E-state index contributed by atoms with van der Waals surface area (Å²) < 4.78 is 17.1. The molecule has 3 aromatic rings. The highest BCUT2D eigenvalue weighted by molar-refractivity contribution is 6.30. The van der Waals surface area contributed by atoms with Crippen LogP contribution in [0.3, 0.4) is 0 Å². The van der Waals surface area contributed by atoms with E-state index in [1.54, 1.807) is 12.0 Å². The van der Waals surface area contributed by atoms with Crippen LogP contribution in [0.2, 0.25) is 5.02 Å². The van der Waals surface area contributed by atoms with E-state index in [1.807, 2.05) is 32.9 Å². The van der Waals surface area contributed by atoms with Crippen LogP contribution in [0.15, 0.2) is 30.3 Å². The van der Waals surface area contributed by atoms with Gasteiger partial charge in [-0.1, -0.05) is 24.6 Å². The fraction of sp³-hybridized carbons (Fsp3) is 0.448. The van der Waals surface area contributed by atoms with Gasteiger partial charge >= 0.3 is 6.09 Å². The number of hydrogen-bond acceptors (Lipinski definition) is 5. The minimum atomic E-state index is -0.579. The van der Waals surface area contributed by atoms with Gasteiger partial charge in [-0.05, 0) is 80.5 Å². The summed E-state index contributed by atoms with van der Waals surface area (Å²) in [5.74, 6) is 1.76. The summed E-state index contributed by atoms with van der Waals surface area (Å²) in [6.45, 7) is 9.57. The maximum Gasteiger partial charge on any atom is 0.410 e. The number of H-pyrrole nitrogens is 1. The van der Waals surface area contributed by atoms with Gasteiger partial charge in [0, 0.05) is 35.5 Å². The Balaban J connectivity index is 1.44. The minimum Gasteiger partial charge on any atom is -0.488 e. The van der Waals surface area contributed by atoms with Gasteiger partial charge in [0.15, 0.2) is 0 Å². The zero-order valence-electron chi connectivity index (χ0n) is 22.1. The van der Waals surface area contributed by atoms with E-state index in [0.29, 0.717) is 26.3 Å². The Morgan fingerprint density at radius 2 is 1.97 bits per heavy atom. The summed E-state index contributed by atoms with van der Waals surface area (Å²) in [4.78, 5) is 23.2. The number of amides is 1. The number of fused-ring (bicyclic) bond motifs is 6. The lowest BCUT2D eigenvalue weighted by Crippen LogP contribution is -2.39. The number of methoxy groups -OCH3 is 1. The number of nitrogens with one attached hydrogen (secondary N) is 1. The predicted octanol–water partition coefficient (Wildman–Crippen LogP) is 6.41. The number of aryl methyl sites for hydroxylation is 2. The van der Waals surface area contributed by atoms with Crippen molar-refractivity contribution < 1.29 is 19.0 Å². The fourth-order valence-corrected chi connectivity index (χ4v) is 5.30. The predicted molar refractivity (Wildman–Crippen MR) is 144 cm³/mol. The lowest BCUT2D eigenvalue weighted by molar-refractivity contribution is 0.0172. The maximum absolute atomic E-state index is 13.0. The van der Waals surface area contributed by atoms with Gasteiger partial charge in [0.05, 0.1) is 18.8 Å². The number of aromatic amines is 1. The lowest BCUT2D eigenvalue weighted by Gasteiger charge is -2.28. The van der Waals surface area contributed by atoms with Crippen LogP contribution in [-0.4, -0.2) is 46.8 Å². The second-order valence-corrected chi connectivity index (χ2v) is 11.5. The normalized spacial score (nSPS) is 14.5. The summed E-state index contributed by atoms with van der Waals surface area (Å²) in [5.41, 5.74) is 7.12. The summed E-state index contributed by atoms with van der Waals surface area (Å²) in [5, 5.41) is 0.717. The Morgan fingerprint density at radius 3 is 2.73 bits per heavy atom. The molecule has 7 nitrogen and oxygen atoms in total. The van der Waals surface area contributed by atoms with E-state index in [9.17, 15) is 4.79 Å². The van der Waals surface area contributed by atoms with Gasteiger partial charge in [-0.15, -0.1) is 0 Å². The molecule has 196 valence electrons. The highest BCUT2D eigenvalue weighted by Crippen LogP contribution is 2.44. The van der Waals surface area contributed by atoms with Crippen molar-refractivity contribution in [1.29, 1.82) is 0 Å². The van der Waals surface area contributed by atoms with Gasteiger partial charge in [0.2, 0.25) is 0 Å². The monoisotopic (exact) mass is 523 g/mol. The molecule has 1 aromatic heterocycles. The van der Waals surface area contributed by atoms with Gasteiger partial charge in [-0.3, -0.25) is 0 Å². The van der Waals surface area contributed by atoms with Crippen LogP contribution in [0.4, 0.5) is 4.79 Å². The molecule has 1 N–H and O–H groups in total. The Morgan fingerprint density at radius 1 is 1.16 bits per heavy atom. The van der Waals surface area contributed by atoms with Gasteiger partial charge in [-0.25, -0.2) is 9.78 Å². The molecule has 0 radical (unpaired) electrons. The van der Waals surface area contributed by atoms with Crippen molar-refractivity contribution in [1.82, 2.24) is 14.9 Å². The Hall–Kier alpha value is -3.03. The summed E-state index contributed by atoms with van der Waals surface area (Å²) in [6, 6.07) is 10.3. The molecule has 2 heterocycles. The number of carbonyl (C=O) groups excluding carboxylic acids is 1. The number of ether oxygens (including phenoxy) is 3. The maximum atomic E-state index is 13.0. The van der Waals surface area contributed by atoms with E-state index in [1.165, 1.54) is 11.1 Å². The molecule has 0 bridgehead atoms. The van der Waals surface area contributed by atoms with Crippen LogP contribution in [0.5, 0.6) is 5.75 Å². The number of benzene rings is 2. The van der Waals surface area contributed by atoms with E-state index in [-0.39, 0.29) is 12.0 Å². The summed E-state index contributed by atoms with van der Waals surface area (Å²) in [7, 11) is 1.67. The molecule has 0 saturated carbocycles. The second kappa shape index (κ2) is 10.0. The minimum absolute atomic E-state index is 0.157. The molecule has 8 heteroatoms. The van der Waals surface area contributed by atoms with Gasteiger partial charge < -0.3 is 24.1 Å². The van der Waals surface area contributed by atoms with Crippen molar-refractivity contribution in [3.05, 3.63) is 58.0 Å². The molecule has 1 amide bonds. The van der Waals surface area contributed by atoms with Crippen LogP contribution in [0, 0.1) is 5.92 Å². The number of imidazole rings is 1. The largest absolute Gasteiger partial charge is 0.488 e. The molecule has 0 spiro atoms. The molecule has 0 fully saturated rings. The van der Waals surface area contributed by atoms with Crippen molar-refractivity contribution >= 4 is 17.7 Å². The van der Waals surface area contributed by atoms with Crippen LogP contribution in [0.1, 0.15) is 50.3 Å². The van der Waals surface area contributed by atoms with E-state index in [2.05, 4.69) is 30.1 Å². The quantitative estimate of drug-likeness (QED) is 0.404. The number of rotatable bonds is 6.